The van der Waals surface area contributed by atoms with Crippen LogP contribution in [0.25, 0.3) is 0 Å². The van der Waals surface area contributed by atoms with Crippen molar-refractivity contribution in [1.29, 1.82) is 0 Å². The summed E-state index contributed by atoms with van der Waals surface area (Å²) in [5.74, 6) is -0.202. The Balaban J connectivity index is 0.000000223. The molecule has 6 nitrogen and oxygen atoms in total. The number of rotatable bonds is 10. The van der Waals surface area contributed by atoms with Crippen LogP contribution in [0.2, 0.25) is 0 Å². The van der Waals surface area contributed by atoms with E-state index in [2.05, 4.69) is 67.9 Å². The molecule has 0 unspecified atom stereocenters. The predicted molar refractivity (Wildman–Crippen MR) is 180 cm³/mol. The minimum Gasteiger partial charge on any atom is -0.478 e. The van der Waals surface area contributed by atoms with Crippen LogP contribution >= 0.6 is 0 Å². The number of piperidine rings is 1. The van der Waals surface area contributed by atoms with Crippen molar-refractivity contribution in [3.05, 3.63) is 131 Å². The largest absolute Gasteiger partial charge is 0.478 e. The Morgan fingerprint density at radius 1 is 0.659 bits per heavy atom. The number of anilines is 2. The lowest BCUT2D eigenvalue weighted by molar-refractivity contribution is 0.0696. The number of nitrogens with one attached hydrogen (secondary N) is 3. The Bertz CT molecular complexity index is 1470. The fourth-order valence-electron chi connectivity index (χ4n) is 6.15. The topological polar surface area (TPSA) is 90.5 Å². The Hall–Kier alpha value is -4.42. The van der Waals surface area contributed by atoms with E-state index in [4.69, 9.17) is 5.11 Å². The van der Waals surface area contributed by atoms with Crippen molar-refractivity contribution in [2.45, 2.75) is 71.1 Å². The minimum atomic E-state index is -0.896. The predicted octanol–water partition coefficient (Wildman–Crippen LogP) is 8.43. The van der Waals surface area contributed by atoms with Crippen LogP contribution in [0, 0.1) is 5.92 Å². The number of benzene rings is 4. The third-order valence-corrected chi connectivity index (χ3v) is 7.77. The van der Waals surface area contributed by atoms with E-state index >= 15 is 0 Å². The first-order valence-electron chi connectivity index (χ1n) is 15.3. The molecule has 4 aromatic rings. The maximum absolute atomic E-state index is 12.8. The van der Waals surface area contributed by atoms with E-state index in [0.717, 1.165) is 41.9 Å². The number of carbonyl (C=O) groups excluding carboxylic acids is 1. The SMILES string of the molecule is CC1(C)CC(CC(=O)c2ccc(CNc3ccccc3)cc2)CC(C)(C)N1.O=C(O)c1ccc(CNc2ccccc2)cc1. The lowest BCUT2D eigenvalue weighted by atomic mass is 9.74. The fourth-order valence-corrected chi connectivity index (χ4v) is 6.15. The molecule has 0 spiro atoms. The second kappa shape index (κ2) is 14.8. The molecule has 1 saturated heterocycles. The number of hydrogen-bond donors (Lipinski definition) is 4. The Kier molecular flexibility index (Phi) is 11.0. The average molecular weight is 592 g/mol. The van der Waals surface area contributed by atoms with Gasteiger partial charge in [-0.15, -0.1) is 0 Å². The summed E-state index contributed by atoms with van der Waals surface area (Å²) >= 11 is 0. The van der Waals surface area contributed by atoms with Crippen LogP contribution in [-0.2, 0) is 13.1 Å². The number of hydrogen-bond acceptors (Lipinski definition) is 5. The molecule has 230 valence electrons. The van der Waals surface area contributed by atoms with Crippen LogP contribution in [0.15, 0.2) is 109 Å². The molecule has 0 aromatic heterocycles. The first-order chi connectivity index (χ1) is 21.0. The number of aromatic carboxylic acids is 1. The molecule has 4 N–H and O–H groups in total. The fraction of sp³-hybridized carbons (Fsp3) is 0.316. The van der Waals surface area contributed by atoms with E-state index in [9.17, 15) is 9.59 Å². The first kappa shape index (κ1) is 32.5. The first-order valence-corrected chi connectivity index (χ1v) is 15.3. The Labute approximate surface area is 261 Å². The van der Waals surface area contributed by atoms with Crippen molar-refractivity contribution in [3.63, 3.8) is 0 Å². The molecule has 4 aromatic carbocycles. The molecular formula is C38H45N3O3. The van der Waals surface area contributed by atoms with Gasteiger partial charge in [0.1, 0.15) is 0 Å². The lowest BCUT2D eigenvalue weighted by Gasteiger charge is -2.46. The van der Waals surface area contributed by atoms with Crippen molar-refractivity contribution in [3.8, 4) is 0 Å². The summed E-state index contributed by atoms with van der Waals surface area (Å²) in [5.41, 5.74) is 5.70. The van der Waals surface area contributed by atoms with Crippen LogP contribution in [0.1, 0.15) is 78.8 Å². The Morgan fingerprint density at radius 3 is 1.48 bits per heavy atom. The summed E-state index contributed by atoms with van der Waals surface area (Å²) in [6.45, 7) is 10.4. The summed E-state index contributed by atoms with van der Waals surface area (Å²) in [5, 5.41) is 19.1. The van der Waals surface area contributed by atoms with Crippen LogP contribution in [-0.4, -0.2) is 27.9 Å². The van der Waals surface area contributed by atoms with E-state index < -0.39 is 5.97 Å². The van der Waals surface area contributed by atoms with Gasteiger partial charge < -0.3 is 21.1 Å². The normalized spacial score (nSPS) is 15.4. The van der Waals surface area contributed by atoms with E-state index in [1.165, 1.54) is 5.56 Å². The van der Waals surface area contributed by atoms with E-state index in [-0.39, 0.29) is 16.9 Å². The van der Waals surface area contributed by atoms with Crippen molar-refractivity contribution in [1.82, 2.24) is 5.32 Å². The zero-order valence-electron chi connectivity index (χ0n) is 26.3. The molecule has 0 bridgehead atoms. The van der Waals surface area contributed by atoms with Gasteiger partial charge >= 0.3 is 5.97 Å². The maximum Gasteiger partial charge on any atom is 0.335 e. The van der Waals surface area contributed by atoms with Gasteiger partial charge in [0.05, 0.1) is 5.56 Å². The van der Waals surface area contributed by atoms with Gasteiger partial charge in [-0.25, -0.2) is 4.79 Å². The van der Waals surface area contributed by atoms with Gasteiger partial charge in [-0.05, 0) is 94.0 Å². The van der Waals surface area contributed by atoms with Gasteiger partial charge in [0.2, 0.25) is 0 Å². The summed E-state index contributed by atoms with van der Waals surface area (Å²) in [6.07, 6.45) is 2.72. The average Bonchev–Trinajstić information content (AvgIpc) is 2.99. The van der Waals surface area contributed by atoms with Gasteiger partial charge in [0.15, 0.2) is 5.78 Å². The zero-order chi connectivity index (χ0) is 31.6. The summed E-state index contributed by atoms with van der Waals surface area (Å²) < 4.78 is 0. The molecule has 6 heteroatoms. The molecule has 5 rings (SSSR count). The zero-order valence-corrected chi connectivity index (χ0v) is 26.3. The number of carboxylic acids is 1. The quantitative estimate of drug-likeness (QED) is 0.138. The molecule has 0 atom stereocenters. The van der Waals surface area contributed by atoms with Gasteiger partial charge in [-0.1, -0.05) is 72.8 Å². The minimum absolute atomic E-state index is 0.0830. The molecule has 0 radical (unpaired) electrons. The molecule has 1 aliphatic heterocycles. The molecule has 0 saturated carbocycles. The molecule has 1 fully saturated rings. The summed E-state index contributed by atoms with van der Waals surface area (Å²) in [6, 6.07) is 35.0. The van der Waals surface area contributed by atoms with Crippen LogP contribution < -0.4 is 16.0 Å². The van der Waals surface area contributed by atoms with Crippen LogP contribution in [0.5, 0.6) is 0 Å². The van der Waals surface area contributed by atoms with Gasteiger partial charge in [-0.3, -0.25) is 4.79 Å². The smallest absolute Gasteiger partial charge is 0.335 e. The molecular weight excluding hydrogens is 546 g/mol. The van der Waals surface area contributed by atoms with Crippen molar-refractivity contribution >= 4 is 23.1 Å². The third kappa shape index (κ3) is 10.4. The number of para-hydroxylation sites is 2. The summed E-state index contributed by atoms with van der Waals surface area (Å²) in [7, 11) is 0. The maximum atomic E-state index is 12.8. The highest BCUT2D eigenvalue weighted by molar-refractivity contribution is 5.96. The van der Waals surface area contributed by atoms with Crippen LogP contribution in [0.3, 0.4) is 0 Å². The van der Waals surface area contributed by atoms with E-state index in [0.29, 0.717) is 24.4 Å². The van der Waals surface area contributed by atoms with Crippen molar-refractivity contribution in [2.75, 3.05) is 10.6 Å². The highest BCUT2D eigenvalue weighted by Gasteiger charge is 2.38. The van der Waals surface area contributed by atoms with Gasteiger partial charge in [0, 0.05) is 47.5 Å². The monoisotopic (exact) mass is 591 g/mol. The number of carbonyl (C=O) groups is 2. The van der Waals surface area contributed by atoms with Crippen molar-refractivity contribution < 1.29 is 14.7 Å². The van der Waals surface area contributed by atoms with E-state index in [1.807, 2.05) is 72.8 Å². The molecule has 1 aliphatic rings. The van der Waals surface area contributed by atoms with E-state index in [1.54, 1.807) is 12.1 Å². The second-order valence-electron chi connectivity index (χ2n) is 12.9. The third-order valence-electron chi connectivity index (χ3n) is 7.77. The second-order valence-corrected chi connectivity index (χ2v) is 12.9. The van der Waals surface area contributed by atoms with Crippen LogP contribution in [0.4, 0.5) is 11.4 Å². The number of ketones is 1. The number of Topliss-reactive ketones (excluding diaryl/α,β-unsaturated/α-hetero) is 1. The molecule has 0 aliphatic carbocycles. The van der Waals surface area contributed by atoms with Gasteiger partial charge in [0.25, 0.3) is 0 Å². The lowest BCUT2D eigenvalue weighted by Crippen LogP contribution is -2.57. The van der Waals surface area contributed by atoms with Crippen molar-refractivity contribution in [2.24, 2.45) is 5.92 Å². The molecule has 0 amide bonds. The number of carboxylic acid groups (broad SMARTS) is 1. The molecule has 1 heterocycles. The highest BCUT2D eigenvalue weighted by atomic mass is 16.4. The molecule has 44 heavy (non-hydrogen) atoms. The highest BCUT2D eigenvalue weighted by Crippen LogP contribution is 2.35. The Morgan fingerprint density at radius 2 is 1.07 bits per heavy atom. The van der Waals surface area contributed by atoms with Gasteiger partial charge in [-0.2, -0.15) is 0 Å². The standard InChI is InChI=1S/C24H32N2O.C14H13NO2/c1-23(2)15-19(16-24(3,4)26-23)14-22(27)20-12-10-18(11-13-20)17-25-21-8-6-5-7-9-21;16-14(17)12-8-6-11(7-9-12)10-15-13-4-2-1-3-5-13/h5-13,19,25-26H,14-17H2,1-4H3;1-9,15H,10H2,(H,16,17). The summed E-state index contributed by atoms with van der Waals surface area (Å²) in [4.78, 5) is 23.5.